The van der Waals surface area contributed by atoms with Crippen LogP contribution in [-0.2, 0) is 23.8 Å². The number of rotatable bonds is 11. The van der Waals surface area contributed by atoms with Gasteiger partial charge in [-0.1, -0.05) is 62.4 Å². The van der Waals surface area contributed by atoms with Crippen molar-refractivity contribution in [2.75, 3.05) is 34.0 Å². The molecule has 340 valence electrons. The molecule has 5 heterocycles. The van der Waals surface area contributed by atoms with Crippen molar-refractivity contribution < 1.29 is 33.4 Å². The van der Waals surface area contributed by atoms with Crippen molar-refractivity contribution in [3.63, 3.8) is 0 Å². The zero-order valence-corrected chi connectivity index (χ0v) is 37.5. The highest BCUT2D eigenvalue weighted by Crippen LogP contribution is 2.58. The Morgan fingerprint density at radius 2 is 1.37 bits per heavy atom. The molecular formula is C50H58N8O7. The summed E-state index contributed by atoms with van der Waals surface area (Å²) in [6.07, 6.45) is 9.84. The fourth-order valence-corrected chi connectivity index (χ4v) is 11.1. The summed E-state index contributed by atoms with van der Waals surface area (Å²) in [7, 11) is 2.63. The molecule has 2 aromatic heterocycles. The molecule has 0 radical (unpaired) electrons. The van der Waals surface area contributed by atoms with Gasteiger partial charge in [-0.05, 0) is 114 Å². The average molecular weight is 883 g/mol. The van der Waals surface area contributed by atoms with Crippen LogP contribution in [0, 0.1) is 23.2 Å². The lowest BCUT2D eigenvalue weighted by molar-refractivity contribution is -0.140. The summed E-state index contributed by atoms with van der Waals surface area (Å²) in [6, 6.07) is 19.7. The number of likely N-dealkylation sites (tertiary alicyclic amines) is 2. The summed E-state index contributed by atoms with van der Waals surface area (Å²) in [5, 5.41) is 7.84. The molecule has 5 aliphatic rings. The second-order valence-corrected chi connectivity index (χ2v) is 19.2. The van der Waals surface area contributed by atoms with Gasteiger partial charge in [0.1, 0.15) is 23.7 Å². The highest BCUT2D eigenvalue weighted by Gasteiger charge is 2.55. The van der Waals surface area contributed by atoms with Crippen LogP contribution in [0.3, 0.4) is 0 Å². The van der Waals surface area contributed by atoms with Gasteiger partial charge in [0.2, 0.25) is 11.8 Å². The van der Waals surface area contributed by atoms with Gasteiger partial charge < -0.3 is 44.6 Å². The largest absolute Gasteiger partial charge is 0.453 e. The highest BCUT2D eigenvalue weighted by atomic mass is 16.5. The Bertz CT molecular complexity index is 2590. The number of hydrogen-bond donors (Lipinski definition) is 4. The number of benzene rings is 3. The van der Waals surface area contributed by atoms with Crippen LogP contribution in [0.25, 0.3) is 44.4 Å². The first-order valence-corrected chi connectivity index (χ1v) is 23.2. The molecule has 5 fully saturated rings. The van der Waals surface area contributed by atoms with E-state index in [-0.39, 0.29) is 47.2 Å². The zero-order chi connectivity index (χ0) is 45.0. The summed E-state index contributed by atoms with van der Waals surface area (Å²) < 4.78 is 15.3. The molecule has 3 saturated heterocycles. The number of aromatic amines is 2. The average Bonchev–Trinajstić information content (AvgIpc) is 3.97. The van der Waals surface area contributed by atoms with Gasteiger partial charge in [-0.15, -0.1) is 0 Å². The van der Waals surface area contributed by atoms with E-state index in [2.05, 4.69) is 81.3 Å². The minimum atomic E-state index is -0.689. The van der Waals surface area contributed by atoms with Gasteiger partial charge in [0.25, 0.3) is 0 Å². The molecule has 15 nitrogen and oxygen atoms in total. The predicted molar refractivity (Wildman–Crippen MR) is 243 cm³/mol. The predicted octanol–water partition coefficient (Wildman–Crippen LogP) is 7.92. The second kappa shape index (κ2) is 17.3. The van der Waals surface area contributed by atoms with Crippen molar-refractivity contribution in [3.05, 3.63) is 84.7 Å². The van der Waals surface area contributed by atoms with Gasteiger partial charge >= 0.3 is 12.2 Å². The Labute approximate surface area is 378 Å². The van der Waals surface area contributed by atoms with Crippen molar-refractivity contribution in [2.24, 2.45) is 23.2 Å². The first-order chi connectivity index (χ1) is 31.5. The topological polar surface area (TPSA) is 184 Å². The van der Waals surface area contributed by atoms with Crippen molar-refractivity contribution in [1.29, 1.82) is 0 Å². The standard InChI is InChI=1S/C50H58N8O7/c1-28(2)41(55-48(61)63-3)46(59)57-27-50(17-18-50)24-40(57)44-51-26-39(53-44)35-12-11-33-21-32(9-10-34(33)22-35)29-5-7-30(8-6-29)38-25-52-45(54-38)43-36-13-14-37(23-36)58(43)47(60)42(56-49(62)64-4)31-15-19-65-20-16-31/h5-12,21-22,25-26,28,31,36-37,40-43H,13-20,23-24,27H2,1-4H3,(H,51,53)(H,52,54)(H,55,61)(H,56,62)/t36-,37-,40+,41+,42+,43+/m1/s1. The summed E-state index contributed by atoms with van der Waals surface area (Å²) in [5.41, 5.74) is 6.08. The third kappa shape index (κ3) is 8.23. The van der Waals surface area contributed by atoms with Gasteiger partial charge in [-0.2, -0.15) is 0 Å². The quantitative estimate of drug-likeness (QED) is 0.102. The molecule has 2 saturated carbocycles. The lowest BCUT2D eigenvalue weighted by Gasteiger charge is -2.39. The summed E-state index contributed by atoms with van der Waals surface area (Å²) >= 11 is 0. The number of fused-ring (bicyclic) bond motifs is 3. The maximum absolute atomic E-state index is 14.4. The van der Waals surface area contributed by atoms with E-state index in [4.69, 9.17) is 24.2 Å². The molecule has 1 spiro atoms. The van der Waals surface area contributed by atoms with Gasteiger partial charge in [-0.25, -0.2) is 19.6 Å². The third-order valence-electron chi connectivity index (χ3n) is 14.9. The maximum atomic E-state index is 14.4. The smallest absolute Gasteiger partial charge is 0.407 e. The van der Waals surface area contributed by atoms with E-state index in [1.54, 1.807) is 0 Å². The number of amides is 4. The number of nitrogens with one attached hydrogen (secondary N) is 4. The van der Waals surface area contributed by atoms with Crippen LogP contribution in [0.1, 0.15) is 88.9 Å². The van der Waals surface area contributed by atoms with E-state index >= 15 is 0 Å². The first kappa shape index (κ1) is 42.7. The summed E-state index contributed by atoms with van der Waals surface area (Å²) in [6.45, 7) is 5.65. The summed E-state index contributed by atoms with van der Waals surface area (Å²) in [5.74, 6) is 1.54. The number of hydrogen-bond acceptors (Lipinski definition) is 9. The molecule has 4 N–H and O–H groups in total. The van der Waals surface area contributed by atoms with Gasteiger partial charge in [0.15, 0.2) is 0 Å². The Morgan fingerprint density at radius 1 is 0.754 bits per heavy atom. The van der Waals surface area contributed by atoms with Crippen LogP contribution in [0.2, 0.25) is 0 Å². The van der Waals surface area contributed by atoms with E-state index in [0.29, 0.717) is 38.5 Å². The van der Waals surface area contributed by atoms with Crippen LogP contribution in [0.5, 0.6) is 0 Å². The lowest BCUT2D eigenvalue weighted by Crippen LogP contribution is -2.55. The number of piperidine rings is 1. The van der Waals surface area contributed by atoms with Crippen LogP contribution in [0.4, 0.5) is 9.59 Å². The molecular weight excluding hydrogens is 825 g/mol. The number of imidazole rings is 2. The van der Waals surface area contributed by atoms with Gasteiger partial charge in [0, 0.05) is 31.4 Å². The number of carbonyl (C=O) groups is 4. The Kier molecular flexibility index (Phi) is 11.4. The van der Waals surface area contributed by atoms with Crippen LogP contribution in [-0.4, -0.2) is 106 Å². The van der Waals surface area contributed by atoms with Crippen LogP contribution < -0.4 is 10.6 Å². The number of H-pyrrole nitrogens is 2. The normalized spacial score (nSPS) is 23.2. The molecule has 5 aromatic rings. The SMILES string of the molecule is COC(=O)N[C@H](C(=O)N1CC2(CC2)C[C@H]1c1ncc(-c2ccc3cc(-c4ccc(-c5cnc([C@@H]6[C@@H]7CC[C@H](C7)N6C(=O)[C@@H](NC(=O)OC)C6CCOCC6)[nH]5)cc4)ccc3c2)[nH]1)C(C)C. The fourth-order valence-electron chi connectivity index (χ4n) is 11.1. The molecule has 15 heteroatoms. The number of alkyl carbamates (subject to hydrolysis) is 2. The Balaban J connectivity index is 0.832. The van der Waals surface area contributed by atoms with Crippen molar-refractivity contribution in [3.8, 4) is 33.6 Å². The van der Waals surface area contributed by atoms with E-state index in [1.165, 1.54) is 14.2 Å². The minimum absolute atomic E-state index is 0.0233. The monoisotopic (exact) mass is 882 g/mol. The number of methoxy groups -OCH3 is 2. The minimum Gasteiger partial charge on any atom is -0.453 e. The Morgan fingerprint density at radius 3 is 2.06 bits per heavy atom. The van der Waals surface area contributed by atoms with Gasteiger partial charge in [0.05, 0.1) is 50.1 Å². The van der Waals surface area contributed by atoms with Crippen molar-refractivity contribution >= 4 is 34.8 Å². The van der Waals surface area contributed by atoms with E-state index in [1.807, 2.05) is 36.0 Å². The molecule has 2 bridgehead atoms. The van der Waals surface area contributed by atoms with Gasteiger partial charge in [-0.3, -0.25) is 9.59 Å². The van der Waals surface area contributed by atoms with E-state index in [9.17, 15) is 19.2 Å². The summed E-state index contributed by atoms with van der Waals surface area (Å²) in [4.78, 5) is 73.6. The highest BCUT2D eigenvalue weighted by molar-refractivity contribution is 5.91. The molecule has 0 unspecified atom stereocenters. The van der Waals surface area contributed by atoms with Crippen LogP contribution >= 0.6 is 0 Å². The molecule has 6 atom stereocenters. The Hall–Kier alpha value is -6.22. The lowest BCUT2D eigenvalue weighted by atomic mass is 9.89. The first-order valence-electron chi connectivity index (χ1n) is 23.2. The number of nitrogens with zero attached hydrogens (tertiary/aromatic N) is 4. The molecule has 65 heavy (non-hydrogen) atoms. The molecule has 4 amide bonds. The molecule has 10 rings (SSSR count). The molecule has 3 aromatic carbocycles. The van der Waals surface area contributed by atoms with Crippen molar-refractivity contribution in [1.82, 2.24) is 40.4 Å². The molecule has 2 aliphatic carbocycles. The zero-order valence-electron chi connectivity index (χ0n) is 37.5. The fraction of sp³-hybridized carbons (Fsp3) is 0.480. The van der Waals surface area contributed by atoms with E-state index in [0.717, 1.165) is 94.6 Å². The second-order valence-electron chi connectivity index (χ2n) is 19.2. The number of aromatic nitrogens is 4. The molecule has 3 aliphatic heterocycles. The maximum Gasteiger partial charge on any atom is 0.407 e. The third-order valence-corrected chi connectivity index (χ3v) is 14.9. The van der Waals surface area contributed by atoms with Crippen molar-refractivity contribution in [2.45, 2.75) is 95.4 Å². The number of carbonyl (C=O) groups excluding carboxylic acids is 4. The number of ether oxygens (including phenoxy) is 3. The van der Waals surface area contributed by atoms with E-state index < -0.39 is 24.3 Å². The van der Waals surface area contributed by atoms with Crippen LogP contribution in [0.15, 0.2) is 73.1 Å².